The molecule has 1 aliphatic rings. The van der Waals surface area contributed by atoms with E-state index in [1.54, 1.807) is 6.08 Å². The number of aliphatic imine (C=N–C) groups is 1. The first-order valence-corrected chi connectivity index (χ1v) is 1.78. The molecule has 0 radical (unpaired) electrons. The Bertz CT molecular complexity index is 104. The van der Waals surface area contributed by atoms with Crippen LogP contribution in [0.15, 0.2) is 17.3 Å². The summed E-state index contributed by atoms with van der Waals surface area (Å²) in [4.78, 5) is 3.42. The van der Waals surface area contributed by atoms with E-state index < -0.39 is 0 Å². The monoisotopic (exact) mass is 82.0 g/mol. The van der Waals surface area contributed by atoms with Crippen LogP contribution in [0.4, 0.5) is 0 Å². The lowest BCUT2D eigenvalue weighted by Crippen LogP contribution is -2.12. The summed E-state index contributed by atoms with van der Waals surface area (Å²) >= 11 is 0. The van der Waals surface area contributed by atoms with Gasteiger partial charge in [-0.05, 0) is 12.3 Å². The predicted octanol–water partition coefficient (Wildman–Crippen LogP) is -0.337. The molecule has 0 aliphatic carbocycles. The second-order valence-corrected chi connectivity index (χ2v) is 1.11. The highest BCUT2D eigenvalue weighted by molar-refractivity contribution is 5.75. The second kappa shape index (κ2) is 1.12. The van der Waals surface area contributed by atoms with Crippen LogP contribution in [-0.2, 0) is 0 Å². The van der Waals surface area contributed by atoms with Crippen LogP contribution in [0.5, 0.6) is 0 Å². The Kier molecular flexibility index (Phi) is 0.638. The van der Waals surface area contributed by atoms with Crippen molar-refractivity contribution in [1.82, 2.24) is 0 Å². The van der Waals surface area contributed by atoms with Gasteiger partial charge in [0, 0.05) is 6.20 Å². The first-order chi connectivity index (χ1) is 2.89. The average molecular weight is 82.1 g/mol. The van der Waals surface area contributed by atoms with Gasteiger partial charge in [0.2, 0.25) is 0 Å². The molecule has 0 N–H and O–H groups in total. The fourth-order valence-corrected chi connectivity index (χ4v) is 0.342. The summed E-state index contributed by atoms with van der Waals surface area (Å²) in [7, 11) is 0. The Balaban J connectivity index is 2.61. The van der Waals surface area contributed by atoms with Crippen LogP contribution >= 0.6 is 0 Å². The predicted molar refractivity (Wildman–Crippen MR) is 21.2 cm³/mol. The van der Waals surface area contributed by atoms with Gasteiger partial charge in [-0.25, -0.2) is 0 Å². The zero-order chi connectivity index (χ0) is 4.41. The molecule has 1 rings (SSSR count). The molecule has 1 heterocycles. The van der Waals surface area contributed by atoms with Gasteiger partial charge in [-0.15, -0.1) is 0 Å². The Hall–Kier alpha value is -0.790. The topological polar surface area (TPSA) is 35.4 Å². The average Bonchev–Trinajstić information content (AvgIpc) is 1.86. The standard InChI is InChI=1S/C4H5NO/c6-4-2-1-3-5-4/h1,3H,2H2,(H,5,6)/p-1. The third-order valence-electron chi connectivity index (χ3n) is 0.616. The molecule has 0 fully saturated rings. The molecule has 0 unspecified atom stereocenters. The van der Waals surface area contributed by atoms with Crippen LogP contribution in [0.25, 0.3) is 0 Å². The molecule has 32 valence electrons. The van der Waals surface area contributed by atoms with Gasteiger partial charge in [0.15, 0.2) is 0 Å². The minimum absolute atomic E-state index is 0.0324. The fraction of sp³-hybridized carbons (Fsp3) is 0.250. The van der Waals surface area contributed by atoms with E-state index >= 15 is 0 Å². The van der Waals surface area contributed by atoms with Gasteiger partial charge < -0.3 is 5.11 Å². The summed E-state index contributed by atoms with van der Waals surface area (Å²) in [6, 6.07) is 0. The minimum atomic E-state index is -0.0324. The van der Waals surface area contributed by atoms with Crippen molar-refractivity contribution in [3.63, 3.8) is 0 Å². The second-order valence-electron chi connectivity index (χ2n) is 1.11. The third kappa shape index (κ3) is 0.407. The molecule has 2 nitrogen and oxygen atoms in total. The molecular weight excluding hydrogens is 78.0 g/mol. The maximum absolute atomic E-state index is 10.0. The fourth-order valence-electron chi connectivity index (χ4n) is 0.342. The van der Waals surface area contributed by atoms with Crippen molar-refractivity contribution >= 4 is 5.90 Å². The molecule has 0 bridgehead atoms. The van der Waals surface area contributed by atoms with Gasteiger partial charge in [-0.1, -0.05) is 6.08 Å². The molecule has 0 atom stereocenters. The quantitative estimate of drug-likeness (QED) is 0.394. The van der Waals surface area contributed by atoms with Gasteiger partial charge in [0.1, 0.15) is 0 Å². The Morgan fingerprint density at radius 1 is 1.83 bits per heavy atom. The van der Waals surface area contributed by atoms with E-state index in [2.05, 4.69) is 4.99 Å². The smallest absolute Gasteiger partial charge is 0.0220 e. The summed E-state index contributed by atoms with van der Waals surface area (Å²) in [5.74, 6) is -0.0324. The van der Waals surface area contributed by atoms with Crippen molar-refractivity contribution in [3.8, 4) is 0 Å². The molecule has 0 aromatic heterocycles. The normalized spacial score (nSPS) is 18.3. The maximum atomic E-state index is 10.0. The van der Waals surface area contributed by atoms with Crippen LogP contribution in [-0.4, -0.2) is 5.90 Å². The van der Waals surface area contributed by atoms with Crippen molar-refractivity contribution < 1.29 is 5.11 Å². The highest BCUT2D eigenvalue weighted by Gasteiger charge is 1.81. The van der Waals surface area contributed by atoms with Crippen LogP contribution in [0.2, 0.25) is 0 Å². The first-order valence-electron chi connectivity index (χ1n) is 1.78. The number of hydrogen-bond acceptors (Lipinski definition) is 2. The first kappa shape index (κ1) is 3.40. The lowest BCUT2D eigenvalue weighted by molar-refractivity contribution is -0.216. The Labute approximate surface area is 35.8 Å². The van der Waals surface area contributed by atoms with E-state index in [9.17, 15) is 5.11 Å². The van der Waals surface area contributed by atoms with E-state index in [4.69, 9.17) is 0 Å². The lowest BCUT2D eigenvalue weighted by Gasteiger charge is -1.96. The van der Waals surface area contributed by atoms with Crippen LogP contribution in [0, 0.1) is 0 Å². The molecule has 0 spiro atoms. The molecule has 0 saturated heterocycles. The molecule has 0 aromatic rings. The number of hydrogen-bond donors (Lipinski definition) is 0. The molecular formula is C4H4NO-. The van der Waals surface area contributed by atoms with E-state index in [-0.39, 0.29) is 5.90 Å². The SMILES string of the molecule is [O-]C1=NC=CC1. The maximum Gasteiger partial charge on any atom is 0.0220 e. The van der Waals surface area contributed by atoms with Gasteiger partial charge in [-0.3, -0.25) is 4.99 Å². The van der Waals surface area contributed by atoms with Crippen molar-refractivity contribution in [2.45, 2.75) is 6.42 Å². The van der Waals surface area contributed by atoms with Crippen molar-refractivity contribution in [1.29, 1.82) is 0 Å². The van der Waals surface area contributed by atoms with Crippen LogP contribution in [0.3, 0.4) is 0 Å². The number of rotatable bonds is 0. The van der Waals surface area contributed by atoms with Crippen molar-refractivity contribution in [3.05, 3.63) is 12.3 Å². The van der Waals surface area contributed by atoms with E-state index in [1.807, 2.05) is 0 Å². The summed E-state index contributed by atoms with van der Waals surface area (Å²) in [6.45, 7) is 0. The van der Waals surface area contributed by atoms with Gasteiger partial charge >= 0.3 is 0 Å². The molecule has 0 saturated carbocycles. The summed E-state index contributed by atoms with van der Waals surface area (Å²) in [6.07, 6.45) is 3.77. The summed E-state index contributed by atoms with van der Waals surface area (Å²) in [5, 5.41) is 10.0. The molecule has 1 aliphatic heterocycles. The van der Waals surface area contributed by atoms with Crippen molar-refractivity contribution in [2.75, 3.05) is 0 Å². The molecule has 6 heavy (non-hydrogen) atoms. The highest BCUT2D eigenvalue weighted by Crippen LogP contribution is 1.91. The van der Waals surface area contributed by atoms with Gasteiger partial charge in [-0.2, -0.15) is 0 Å². The molecule has 2 heteroatoms. The zero-order valence-corrected chi connectivity index (χ0v) is 3.22. The molecule has 0 aromatic carbocycles. The lowest BCUT2D eigenvalue weighted by atomic mass is 10.5. The van der Waals surface area contributed by atoms with Crippen LogP contribution in [0.1, 0.15) is 6.42 Å². The van der Waals surface area contributed by atoms with Crippen molar-refractivity contribution in [2.24, 2.45) is 4.99 Å². The third-order valence-corrected chi connectivity index (χ3v) is 0.616. The van der Waals surface area contributed by atoms with Gasteiger partial charge in [0.25, 0.3) is 0 Å². The summed E-state index contributed by atoms with van der Waals surface area (Å²) < 4.78 is 0. The van der Waals surface area contributed by atoms with E-state index in [0.29, 0.717) is 6.42 Å². The minimum Gasteiger partial charge on any atom is -0.861 e. The van der Waals surface area contributed by atoms with Crippen LogP contribution < -0.4 is 5.11 Å². The van der Waals surface area contributed by atoms with Gasteiger partial charge in [0.05, 0.1) is 0 Å². The van der Waals surface area contributed by atoms with E-state index in [1.165, 1.54) is 6.20 Å². The Morgan fingerprint density at radius 2 is 2.67 bits per heavy atom. The Morgan fingerprint density at radius 3 is 2.83 bits per heavy atom. The largest absolute Gasteiger partial charge is 0.861 e. The number of nitrogens with zero attached hydrogens (tertiary/aromatic N) is 1. The highest BCUT2D eigenvalue weighted by atomic mass is 16.3. The molecule has 0 amide bonds. The zero-order valence-electron chi connectivity index (χ0n) is 3.22. The summed E-state index contributed by atoms with van der Waals surface area (Å²) in [5.41, 5.74) is 0. The van der Waals surface area contributed by atoms with E-state index in [0.717, 1.165) is 0 Å².